The Bertz CT molecular complexity index is 454. The van der Waals surface area contributed by atoms with E-state index in [9.17, 15) is 5.11 Å². The minimum Gasteiger partial charge on any atom is -0.385 e. The van der Waals surface area contributed by atoms with Crippen LogP contribution in [-0.4, -0.2) is 21.0 Å². The third-order valence-electron chi connectivity index (χ3n) is 2.02. The molecule has 0 aliphatic carbocycles. The highest BCUT2D eigenvalue weighted by molar-refractivity contribution is 9.10. The van der Waals surface area contributed by atoms with Gasteiger partial charge in [0, 0.05) is 18.9 Å². The average molecular weight is 256 g/mol. The lowest BCUT2D eigenvalue weighted by Crippen LogP contribution is -2.11. The highest BCUT2D eigenvalue weighted by Gasteiger charge is 2.10. The van der Waals surface area contributed by atoms with Gasteiger partial charge in [0.25, 0.3) is 0 Å². The maximum absolute atomic E-state index is 9.51. The van der Waals surface area contributed by atoms with Crippen molar-refractivity contribution in [3.8, 4) is 0 Å². The SMILES string of the molecule is NCC(O)c1cn2cccc(Br)c2n1. The van der Waals surface area contributed by atoms with Crippen molar-refractivity contribution in [2.45, 2.75) is 6.10 Å². The summed E-state index contributed by atoms with van der Waals surface area (Å²) in [5.41, 5.74) is 6.74. The van der Waals surface area contributed by atoms with E-state index in [1.807, 2.05) is 22.7 Å². The lowest BCUT2D eigenvalue weighted by molar-refractivity contribution is 0.182. The molecule has 4 nitrogen and oxygen atoms in total. The van der Waals surface area contributed by atoms with Gasteiger partial charge in [-0.2, -0.15) is 0 Å². The van der Waals surface area contributed by atoms with Gasteiger partial charge in [-0.05, 0) is 28.1 Å². The van der Waals surface area contributed by atoms with E-state index in [-0.39, 0.29) is 6.54 Å². The van der Waals surface area contributed by atoms with Crippen LogP contribution in [0.15, 0.2) is 29.0 Å². The van der Waals surface area contributed by atoms with E-state index >= 15 is 0 Å². The minimum atomic E-state index is -0.693. The summed E-state index contributed by atoms with van der Waals surface area (Å²) >= 11 is 3.38. The Morgan fingerprint density at radius 2 is 2.43 bits per heavy atom. The van der Waals surface area contributed by atoms with E-state index in [0.29, 0.717) is 5.69 Å². The maximum atomic E-state index is 9.51. The average Bonchev–Trinajstić information content (AvgIpc) is 2.62. The van der Waals surface area contributed by atoms with E-state index in [4.69, 9.17) is 5.73 Å². The largest absolute Gasteiger partial charge is 0.385 e. The summed E-state index contributed by atoms with van der Waals surface area (Å²) in [5, 5.41) is 9.51. The van der Waals surface area contributed by atoms with E-state index in [0.717, 1.165) is 10.1 Å². The van der Waals surface area contributed by atoms with E-state index in [1.54, 1.807) is 6.20 Å². The molecule has 0 aliphatic rings. The Morgan fingerprint density at radius 3 is 3.07 bits per heavy atom. The number of hydrogen-bond acceptors (Lipinski definition) is 3. The lowest BCUT2D eigenvalue weighted by atomic mass is 10.3. The first-order valence-corrected chi connectivity index (χ1v) is 5.03. The summed E-state index contributed by atoms with van der Waals surface area (Å²) < 4.78 is 2.74. The second-order valence-corrected chi connectivity index (χ2v) is 3.86. The van der Waals surface area contributed by atoms with Crippen molar-refractivity contribution in [1.29, 1.82) is 0 Å². The Kier molecular flexibility index (Phi) is 2.54. The molecule has 2 aromatic rings. The first-order chi connectivity index (χ1) is 6.72. The van der Waals surface area contributed by atoms with Gasteiger partial charge in [0.15, 0.2) is 5.65 Å². The van der Waals surface area contributed by atoms with Crippen LogP contribution in [0.5, 0.6) is 0 Å². The maximum Gasteiger partial charge on any atom is 0.151 e. The Hall–Kier alpha value is -0.910. The molecule has 3 N–H and O–H groups in total. The molecule has 2 rings (SSSR count). The molecule has 1 atom stereocenters. The number of rotatable bonds is 2. The summed E-state index contributed by atoms with van der Waals surface area (Å²) in [6, 6.07) is 3.80. The molecule has 0 bridgehead atoms. The van der Waals surface area contributed by atoms with Crippen LogP contribution in [0.1, 0.15) is 11.8 Å². The highest BCUT2D eigenvalue weighted by atomic mass is 79.9. The molecule has 0 radical (unpaired) electrons. The Balaban J connectivity index is 2.56. The molecule has 0 saturated carbocycles. The summed E-state index contributed by atoms with van der Waals surface area (Å²) in [7, 11) is 0. The van der Waals surface area contributed by atoms with Crippen molar-refractivity contribution >= 4 is 21.6 Å². The zero-order chi connectivity index (χ0) is 10.1. The normalized spacial score (nSPS) is 13.4. The van der Waals surface area contributed by atoms with E-state index in [1.165, 1.54) is 0 Å². The Morgan fingerprint density at radius 1 is 1.64 bits per heavy atom. The molecule has 0 amide bonds. The summed E-state index contributed by atoms with van der Waals surface area (Å²) in [6.45, 7) is 0.182. The molecule has 0 spiro atoms. The fourth-order valence-electron chi connectivity index (χ4n) is 1.28. The van der Waals surface area contributed by atoms with E-state index in [2.05, 4.69) is 20.9 Å². The van der Waals surface area contributed by atoms with Gasteiger partial charge in [-0.3, -0.25) is 0 Å². The molecular formula is C9H10BrN3O. The number of nitrogens with zero attached hydrogens (tertiary/aromatic N) is 2. The van der Waals surface area contributed by atoms with Crippen molar-refractivity contribution in [1.82, 2.24) is 9.38 Å². The third-order valence-corrected chi connectivity index (χ3v) is 2.64. The summed E-state index contributed by atoms with van der Waals surface area (Å²) in [5.74, 6) is 0. The molecule has 2 heterocycles. The molecule has 5 heteroatoms. The van der Waals surface area contributed by atoms with Crippen LogP contribution in [0.3, 0.4) is 0 Å². The molecule has 0 aliphatic heterocycles. The van der Waals surface area contributed by atoms with Crippen molar-refractivity contribution in [2.75, 3.05) is 6.54 Å². The van der Waals surface area contributed by atoms with Gasteiger partial charge in [-0.1, -0.05) is 0 Å². The van der Waals surface area contributed by atoms with Crippen molar-refractivity contribution in [2.24, 2.45) is 5.73 Å². The van der Waals surface area contributed by atoms with Gasteiger partial charge >= 0.3 is 0 Å². The number of nitrogens with two attached hydrogens (primary N) is 1. The molecule has 0 saturated heterocycles. The zero-order valence-corrected chi connectivity index (χ0v) is 8.98. The Labute approximate surface area is 89.5 Å². The topological polar surface area (TPSA) is 63.5 Å². The summed E-state index contributed by atoms with van der Waals surface area (Å²) in [4.78, 5) is 4.27. The van der Waals surface area contributed by atoms with Crippen molar-refractivity contribution in [3.05, 3.63) is 34.7 Å². The van der Waals surface area contributed by atoms with Gasteiger partial charge in [-0.25, -0.2) is 4.98 Å². The van der Waals surface area contributed by atoms with Crippen molar-refractivity contribution < 1.29 is 5.11 Å². The number of fused-ring (bicyclic) bond motifs is 1. The monoisotopic (exact) mass is 255 g/mol. The van der Waals surface area contributed by atoms with E-state index < -0.39 is 6.10 Å². The predicted molar refractivity (Wildman–Crippen MR) is 56.9 cm³/mol. The number of pyridine rings is 1. The second kappa shape index (κ2) is 3.68. The van der Waals surface area contributed by atoms with Gasteiger partial charge < -0.3 is 15.2 Å². The lowest BCUT2D eigenvalue weighted by Gasteiger charge is -2.00. The number of aliphatic hydroxyl groups excluding tert-OH is 1. The summed E-state index contributed by atoms with van der Waals surface area (Å²) in [6.07, 6.45) is 2.96. The van der Waals surface area contributed by atoms with Crippen LogP contribution in [0.25, 0.3) is 5.65 Å². The number of halogens is 1. The van der Waals surface area contributed by atoms with Crippen LogP contribution in [-0.2, 0) is 0 Å². The van der Waals surface area contributed by atoms with Gasteiger partial charge in [0.1, 0.15) is 6.10 Å². The van der Waals surface area contributed by atoms with Crippen LogP contribution >= 0.6 is 15.9 Å². The molecular weight excluding hydrogens is 246 g/mol. The van der Waals surface area contributed by atoms with Crippen LogP contribution < -0.4 is 5.73 Å². The van der Waals surface area contributed by atoms with Gasteiger partial charge in [0.05, 0.1) is 10.2 Å². The second-order valence-electron chi connectivity index (χ2n) is 3.00. The van der Waals surface area contributed by atoms with Gasteiger partial charge in [0.2, 0.25) is 0 Å². The molecule has 0 fully saturated rings. The number of hydrogen-bond donors (Lipinski definition) is 2. The minimum absolute atomic E-state index is 0.182. The number of aliphatic hydroxyl groups is 1. The quantitative estimate of drug-likeness (QED) is 0.845. The number of aromatic nitrogens is 2. The van der Waals surface area contributed by atoms with Crippen LogP contribution in [0, 0.1) is 0 Å². The van der Waals surface area contributed by atoms with Crippen molar-refractivity contribution in [3.63, 3.8) is 0 Å². The zero-order valence-electron chi connectivity index (χ0n) is 7.39. The predicted octanol–water partition coefficient (Wildman–Crippen LogP) is 1.09. The first-order valence-electron chi connectivity index (χ1n) is 4.23. The van der Waals surface area contributed by atoms with Crippen LogP contribution in [0.4, 0.5) is 0 Å². The van der Waals surface area contributed by atoms with Crippen LogP contribution in [0.2, 0.25) is 0 Å². The smallest absolute Gasteiger partial charge is 0.151 e. The molecule has 74 valence electrons. The third kappa shape index (κ3) is 1.54. The number of imidazole rings is 1. The standard InChI is InChI=1S/C9H10BrN3O/c10-6-2-1-3-13-5-7(8(14)4-11)12-9(6)13/h1-3,5,8,14H,4,11H2. The molecule has 0 aromatic carbocycles. The molecule has 1 unspecified atom stereocenters. The first kappa shape index (κ1) is 9.64. The fraction of sp³-hybridized carbons (Fsp3) is 0.222. The fourth-order valence-corrected chi connectivity index (χ4v) is 1.72. The molecule has 2 aromatic heterocycles. The highest BCUT2D eigenvalue weighted by Crippen LogP contribution is 2.19. The van der Waals surface area contributed by atoms with Gasteiger partial charge in [-0.15, -0.1) is 0 Å². The molecule has 14 heavy (non-hydrogen) atoms.